The van der Waals surface area contributed by atoms with Gasteiger partial charge in [-0.05, 0) is 30.0 Å². The van der Waals surface area contributed by atoms with Gasteiger partial charge in [0.25, 0.3) is 5.69 Å². The van der Waals surface area contributed by atoms with Crippen LogP contribution in [0.5, 0.6) is 0 Å². The molecule has 1 N–H and O–H groups in total. The van der Waals surface area contributed by atoms with Crippen molar-refractivity contribution < 1.29 is 14.5 Å². The molecule has 0 unspecified atom stereocenters. The lowest BCUT2D eigenvalue weighted by atomic mass is 9.76. The van der Waals surface area contributed by atoms with E-state index in [4.69, 9.17) is 16.3 Å². The minimum Gasteiger partial charge on any atom is -0.465 e. The predicted octanol–water partition coefficient (Wildman–Crippen LogP) is 4.86. The van der Waals surface area contributed by atoms with Crippen LogP contribution >= 0.6 is 11.6 Å². The molecule has 0 aromatic heterocycles. The number of para-hydroxylation sites is 1. The number of methoxy groups -OCH3 is 1. The third kappa shape index (κ3) is 2.86. The Kier molecular flexibility index (Phi) is 4.36. The summed E-state index contributed by atoms with van der Waals surface area (Å²) < 4.78 is 4.92. The molecule has 1 heterocycles. The van der Waals surface area contributed by atoms with Gasteiger partial charge in [0.05, 0.1) is 29.3 Å². The van der Waals surface area contributed by atoms with E-state index in [1.54, 1.807) is 12.1 Å². The highest BCUT2D eigenvalue weighted by Gasteiger charge is 2.40. The molecule has 1 aliphatic carbocycles. The van der Waals surface area contributed by atoms with Crippen LogP contribution < -0.4 is 5.32 Å². The maximum atomic E-state index is 12.2. The maximum Gasteiger partial charge on any atom is 0.339 e. The van der Waals surface area contributed by atoms with Crippen molar-refractivity contribution in [2.24, 2.45) is 5.92 Å². The van der Waals surface area contributed by atoms with Gasteiger partial charge in [0.2, 0.25) is 0 Å². The van der Waals surface area contributed by atoms with Crippen molar-refractivity contribution in [1.29, 1.82) is 0 Å². The number of fused-ring (bicyclic) bond motifs is 3. The number of esters is 1. The fraction of sp³-hybridized carbons (Fsp3) is 0.250. The zero-order valence-electron chi connectivity index (χ0n) is 14.5. The number of ether oxygens (including phenoxy) is 1. The first kappa shape index (κ1) is 17.5. The summed E-state index contributed by atoms with van der Waals surface area (Å²) in [6.45, 7) is 0. The molecule has 6 nitrogen and oxygen atoms in total. The van der Waals surface area contributed by atoms with E-state index >= 15 is 0 Å². The Balaban J connectivity index is 1.85. The Morgan fingerprint density at radius 1 is 1.30 bits per heavy atom. The summed E-state index contributed by atoms with van der Waals surface area (Å²) in [4.78, 5) is 23.0. The Hall–Kier alpha value is -2.86. The van der Waals surface area contributed by atoms with Crippen LogP contribution in [0.3, 0.4) is 0 Å². The molecule has 0 amide bonds. The van der Waals surface area contributed by atoms with Gasteiger partial charge in [-0.25, -0.2) is 4.79 Å². The molecule has 3 atom stereocenters. The first-order valence-corrected chi connectivity index (χ1v) is 8.97. The first-order valence-electron chi connectivity index (χ1n) is 8.59. The van der Waals surface area contributed by atoms with Crippen molar-refractivity contribution in [3.8, 4) is 0 Å². The summed E-state index contributed by atoms with van der Waals surface area (Å²) in [7, 11) is 1.34. The van der Waals surface area contributed by atoms with Crippen LogP contribution in [0.1, 0.15) is 39.9 Å². The molecule has 0 spiro atoms. The summed E-state index contributed by atoms with van der Waals surface area (Å²) in [6.07, 6.45) is 5.06. The van der Waals surface area contributed by atoms with E-state index in [1.807, 2.05) is 12.1 Å². The SMILES string of the molecule is COC(=O)c1cccc2c1N[C@@H](c1cc([N+](=O)[O-])ccc1Cl)[C@H]1CC=C[C@H]21. The lowest BCUT2D eigenvalue weighted by molar-refractivity contribution is -0.384. The number of nitrogens with zero attached hydrogens (tertiary/aromatic N) is 1. The number of nitrogens with one attached hydrogen (secondary N) is 1. The molecule has 2 aromatic carbocycles. The minimum absolute atomic E-state index is 0.00856. The summed E-state index contributed by atoms with van der Waals surface area (Å²) in [5, 5.41) is 15.1. The van der Waals surface area contributed by atoms with Gasteiger partial charge in [-0.1, -0.05) is 35.9 Å². The average molecular weight is 385 g/mol. The topological polar surface area (TPSA) is 81.5 Å². The van der Waals surface area contributed by atoms with E-state index in [0.29, 0.717) is 21.8 Å². The average Bonchev–Trinajstić information content (AvgIpc) is 3.16. The second kappa shape index (κ2) is 6.70. The van der Waals surface area contributed by atoms with Crippen molar-refractivity contribution in [2.45, 2.75) is 18.4 Å². The maximum absolute atomic E-state index is 12.2. The van der Waals surface area contributed by atoms with Crippen LogP contribution in [0.4, 0.5) is 11.4 Å². The van der Waals surface area contributed by atoms with Crippen LogP contribution in [-0.4, -0.2) is 18.0 Å². The normalized spacial score (nSPS) is 22.5. The zero-order chi connectivity index (χ0) is 19.1. The lowest BCUT2D eigenvalue weighted by Gasteiger charge is -2.38. The third-order valence-electron chi connectivity index (χ3n) is 5.33. The van der Waals surface area contributed by atoms with Crippen LogP contribution in [0.2, 0.25) is 5.02 Å². The fourth-order valence-corrected chi connectivity index (χ4v) is 4.33. The number of nitro benzene ring substituents is 1. The van der Waals surface area contributed by atoms with Gasteiger partial charge in [-0.2, -0.15) is 0 Å². The zero-order valence-corrected chi connectivity index (χ0v) is 15.3. The number of carbonyl (C=O) groups excluding carboxylic acids is 1. The monoisotopic (exact) mass is 384 g/mol. The molecule has 0 radical (unpaired) electrons. The molecule has 0 bridgehead atoms. The summed E-state index contributed by atoms with van der Waals surface area (Å²) in [6, 6.07) is 9.76. The van der Waals surface area contributed by atoms with Crippen molar-refractivity contribution in [2.75, 3.05) is 12.4 Å². The van der Waals surface area contributed by atoms with Gasteiger partial charge in [0, 0.05) is 28.6 Å². The number of rotatable bonds is 3. The smallest absolute Gasteiger partial charge is 0.339 e. The fourth-order valence-electron chi connectivity index (χ4n) is 4.09. The number of anilines is 1. The van der Waals surface area contributed by atoms with E-state index in [2.05, 4.69) is 17.5 Å². The number of nitro groups is 1. The van der Waals surface area contributed by atoms with Gasteiger partial charge < -0.3 is 10.1 Å². The molecule has 7 heteroatoms. The lowest BCUT2D eigenvalue weighted by Crippen LogP contribution is -2.30. The Morgan fingerprint density at radius 2 is 2.11 bits per heavy atom. The number of non-ortho nitro benzene ring substituents is 1. The molecule has 0 saturated carbocycles. The molecule has 0 fully saturated rings. The molecule has 2 aliphatic rings. The van der Waals surface area contributed by atoms with E-state index in [9.17, 15) is 14.9 Å². The van der Waals surface area contributed by atoms with Gasteiger partial charge in [0.15, 0.2) is 0 Å². The summed E-state index contributed by atoms with van der Waals surface area (Å²) in [5.41, 5.74) is 2.82. The van der Waals surface area contributed by atoms with E-state index in [-0.39, 0.29) is 23.6 Å². The van der Waals surface area contributed by atoms with Crippen LogP contribution in [0, 0.1) is 16.0 Å². The first-order chi connectivity index (χ1) is 13.0. The number of hydrogen-bond donors (Lipinski definition) is 1. The molecular formula is C20H17ClN2O4. The van der Waals surface area contributed by atoms with Crippen LogP contribution in [-0.2, 0) is 4.74 Å². The highest BCUT2D eigenvalue weighted by Crippen LogP contribution is 2.51. The van der Waals surface area contributed by atoms with Crippen LogP contribution in [0.25, 0.3) is 0 Å². The quantitative estimate of drug-likeness (QED) is 0.353. The Labute approximate surface area is 160 Å². The van der Waals surface area contributed by atoms with Crippen molar-refractivity contribution in [3.05, 3.63) is 80.4 Å². The summed E-state index contributed by atoms with van der Waals surface area (Å²) in [5.74, 6) is -0.167. The van der Waals surface area contributed by atoms with Gasteiger partial charge in [-0.15, -0.1) is 0 Å². The highest BCUT2D eigenvalue weighted by molar-refractivity contribution is 6.31. The van der Waals surface area contributed by atoms with Gasteiger partial charge in [-0.3, -0.25) is 10.1 Å². The van der Waals surface area contributed by atoms with Crippen LogP contribution in [0.15, 0.2) is 48.6 Å². The molecule has 138 valence electrons. The predicted molar refractivity (Wildman–Crippen MR) is 102 cm³/mol. The largest absolute Gasteiger partial charge is 0.465 e. The standard InChI is InChI=1S/C20H17ClN2O4/c1-27-20(24)15-7-3-6-13-12-4-2-5-14(12)19(22-18(13)15)16-10-11(23(25)26)8-9-17(16)21/h2-4,6-10,12,14,19,22H,5H2,1H3/t12-,14+,19-/m1/s1. The molecule has 27 heavy (non-hydrogen) atoms. The number of carbonyl (C=O) groups is 1. The Bertz CT molecular complexity index is 972. The number of allylic oxidation sites excluding steroid dienone is 2. The van der Waals surface area contributed by atoms with E-state index in [1.165, 1.54) is 19.2 Å². The Morgan fingerprint density at radius 3 is 2.85 bits per heavy atom. The van der Waals surface area contributed by atoms with Crippen molar-refractivity contribution >= 4 is 28.9 Å². The second-order valence-electron chi connectivity index (χ2n) is 6.70. The molecule has 4 rings (SSSR count). The number of benzene rings is 2. The van der Waals surface area contributed by atoms with Crippen molar-refractivity contribution in [3.63, 3.8) is 0 Å². The minimum atomic E-state index is -0.430. The molecule has 1 aliphatic heterocycles. The molecular weight excluding hydrogens is 368 g/mol. The van der Waals surface area contributed by atoms with Crippen molar-refractivity contribution in [1.82, 2.24) is 0 Å². The molecule has 0 saturated heterocycles. The second-order valence-corrected chi connectivity index (χ2v) is 7.11. The highest BCUT2D eigenvalue weighted by atomic mass is 35.5. The van der Waals surface area contributed by atoms with E-state index in [0.717, 1.165) is 12.0 Å². The molecule has 2 aromatic rings. The third-order valence-corrected chi connectivity index (χ3v) is 5.67. The van der Waals surface area contributed by atoms with E-state index < -0.39 is 10.9 Å². The summed E-state index contributed by atoms with van der Waals surface area (Å²) >= 11 is 6.41. The number of hydrogen-bond acceptors (Lipinski definition) is 5. The van der Waals surface area contributed by atoms with Gasteiger partial charge in [0.1, 0.15) is 0 Å². The number of halogens is 1. The van der Waals surface area contributed by atoms with Gasteiger partial charge >= 0.3 is 5.97 Å².